The summed E-state index contributed by atoms with van der Waals surface area (Å²) in [6.45, 7) is 1.80. The number of fused-ring (bicyclic) bond motifs is 1. The highest BCUT2D eigenvalue weighted by Gasteiger charge is 2.23. The SMILES string of the molecule is COc1ccc(S(=O)(=O)N(C)c2ccc3sc(C(=O)Nc4ccccc4Oc4ccccc4)cc3c2)cc1C. The molecule has 0 aliphatic rings. The number of methoxy groups -OCH3 is 1. The third-order valence-electron chi connectivity index (χ3n) is 6.22. The Morgan fingerprint density at radius 3 is 2.36 bits per heavy atom. The lowest BCUT2D eigenvalue weighted by atomic mass is 10.2. The second-order valence-corrected chi connectivity index (χ2v) is 11.9. The zero-order valence-corrected chi connectivity index (χ0v) is 23.2. The summed E-state index contributed by atoms with van der Waals surface area (Å²) in [5.41, 5.74) is 1.76. The van der Waals surface area contributed by atoms with Gasteiger partial charge in [0.05, 0.1) is 28.3 Å². The molecule has 1 amide bonds. The van der Waals surface area contributed by atoms with Crippen molar-refractivity contribution in [3.05, 3.63) is 108 Å². The number of aryl methyl sites for hydroxylation is 1. The van der Waals surface area contributed by atoms with E-state index in [1.807, 2.05) is 48.5 Å². The van der Waals surface area contributed by atoms with Crippen molar-refractivity contribution in [1.29, 1.82) is 0 Å². The Bertz CT molecular complexity index is 1770. The quantitative estimate of drug-likeness (QED) is 0.220. The van der Waals surface area contributed by atoms with E-state index in [4.69, 9.17) is 9.47 Å². The summed E-state index contributed by atoms with van der Waals surface area (Å²) in [5.74, 6) is 1.53. The predicted octanol–water partition coefficient (Wildman–Crippen LogP) is 7.09. The molecule has 7 nitrogen and oxygen atoms in total. The van der Waals surface area contributed by atoms with Gasteiger partial charge in [-0.3, -0.25) is 9.10 Å². The van der Waals surface area contributed by atoms with Crippen LogP contribution in [0.25, 0.3) is 10.1 Å². The van der Waals surface area contributed by atoms with Gasteiger partial charge in [-0.15, -0.1) is 11.3 Å². The van der Waals surface area contributed by atoms with Gasteiger partial charge in [0.1, 0.15) is 11.5 Å². The van der Waals surface area contributed by atoms with Gasteiger partial charge >= 0.3 is 0 Å². The lowest BCUT2D eigenvalue weighted by molar-refractivity contribution is 0.103. The maximum absolute atomic E-state index is 13.3. The number of hydrogen-bond acceptors (Lipinski definition) is 6. The number of thiophene rings is 1. The Morgan fingerprint density at radius 1 is 0.872 bits per heavy atom. The lowest BCUT2D eigenvalue weighted by Gasteiger charge is -2.20. The molecule has 1 aromatic heterocycles. The summed E-state index contributed by atoms with van der Waals surface area (Å²) in [6, 6.07) is 28.4. The molecule has 0 saturated heterocycles. The first-order chi connectivity index (χ1) is 18.8. The Kier molecular flexibility index (Phi) is 7.28. The number of anilines is 2. The molecule has 0 spiro atoms. The number of nitrogens with zero attached hydrogens (tertiary/aromatic N) is 1. The Morgan fingerprint density at radius 2 is 1.62 bits per heavy atom. The van der Waals surface area contributed by atoms with E-state index in [2.05, 4.69) is 5.32 Å². The van der Waals surface area contributed by atoms with Crippen LogP contribution >= 0.6 is 11.3 Å². The molecule has 0 unspecified atom stereocenters. The van der Waals surface area contributed by atoms with Crippen LogP contribution in [0.4, 0.5) is 11.4 Å². The van der Waals surface area contributed by atoms with Crippen molar-refractivity contribution in [2.75, 3.05) is 23.8 Å². The van der Waals surface area contributed by atoms with Crippen LogP contribution in [0.15, 0.2) is 102 Å². The monoisotopic (exact) mass is 558 g/mol. The van der Waals surface area contributed by atoms with Gasteiger partial charge in [0.2, 0.25) is 0 Å². The summed E-state index contributed by atoms with van der Waals surface area (Å²) >= 11 is 1.33. The molecule has 5 aromatic rings. The number of carbonyl (C=O) groups excluding carboxylic acids is 1. The van der Waals surface area contributed by atoms with Crippen molar-refractivity contribution in [3.63, 3.8) is 0 Å². The van der Waals surface area contributed by atoms with Gasteiger partial charge in [-0.25, -0.2) is 8.42 Å². The fraction of sp³-hybridized carbons (Fsp3) is 0.100. The molecule has 0 fully saturated rings. The first-order valence-corrected chi connectivity index (χ1v) is 14.3. The van der Waals surface area contributed by atoms with Gasteiger partial charge in [0.15, 0.2) is 5.75 Å². The van der Waals surface area contributed by atoms with Crippen LogP contribution in [0, 0.1) is 6.92 Å². The van der Waals surface area contributed by atoms with Crippen molar-refractivity contribution < 1.29 is 22.7 Å². The van der Waals surface area contributed by atoms with Crippen LogP contribution in [0.2, 0.25) is 0 Å². The molecular formula is C30H26N2O5S2. The van der Waals surface area contributed by atoms with E-state index in [-0.39, 0.29) is 10.8 Å². The molecule has 0 aliphatic heterocycles. The first-order valence-electron chi connectivity index (χ1n) is 12.1. The third-order valence-corrected chi connectivity index (χ3v) is 9.11. The molecular weight excluding hydrogens is 532 g/mol. The second-order valence-electron chi connectivity index (χ2n) is 8.80. The minimum absolute atomic E-state index is 0.171. The van der Waals surface area contributed by atoms with Crippen molar-refractivity contribution in [2.45, 2.75) is 11.8 Å². The highest BCUT2D eigenvalue weighted by atomic mass is 32.2. The van der Waals surface area contributed by atoms with E-state index in [9.17, 15) is 13.2 Å². The van der Waals surface area contributed by atoms with E-state index in [1.54, 1.807) is 56.5 Å². The highest BCUT2D eigenvalue weighted by molar-refractivity contribution is 7.92. The average Bonchev–Trinajstić information content (AvgIpc) is 3.38. The summed E-state index contributed by atoms with van der Waals surface area (Å²) in [5, 5.41) is 3.70. The maximum Gasteiger partial charge on any atom is 0.265 e. The molecule has 0 bridgehead atoms. The van der Waals surface area contributed by atoms with Crippen LogP contribution in [0.5, 0.6) is 17.2 Å². The molecule has 0 saturated carbocycles. The van der Waals surface area contributed by atoms with Gasteiger partial charge in [0.25, 0.3) is 15.9 Å². The smallest absolute Gasteiger partial charge is 0.265 e. The van der Waals surface area contributed by atoms with E-state index in [1.165, 1.54) is 28.8 Å². The van der Waals surface area contributed by atoms with Crippen molar-refractivity contribution >= 4 is 48.7 Å². The lowest BCUT2D eigenvalue weighted by Crippen LogP contribution is -2.26. The first kappa shape index (κ1) is 26.3. The molecule has 1 heterocycles. The number of rotatable bonds is 8. The molecule has 4 aromatic carbocycles. The second kappa shape index (κ2) is 10.8. The maximum atomic E-state index is 13.3. The number of sulfonamides is 1. The highest BCUT2D eigenvalue weighted by Crippen LogP contribution is 2.34. The minimum Gasteiger partial charge on any atom is -0.496 e. The van der Waals surface area contributed by atoms with Crippen LogP contribution in [0.3, 0.4) is 0 Å². The van der Waals surface area contributed by atoms with Crippen molar-refractivity contribution in [3.8, 4) is 17.2 Å². The summed E-state index contributed by atoms with van der Waals surface area (Å²) in [6.07, 6.45) is 0. The third kappa shape index (κ3) is 5.45. The van der Waals surface area contributed by atoms with Crippen molar-refractivity contribution in [2.24, 2.45) is 0 Å². The largest absolute Gasteiger partial charge is 0.496 e. The molecule has 1 N–H and O–H groups in total. The summed E-state index contributed by atoms with van der Waals surface area (Å²) in [4.78, 5) is 13.8. The van der Waals surface area contributed by atoms with Gasteiger partial charge in [0, 0.05) is 11.7 Å². The zero-order chi connectivity index (χ0) is 27.6. The fourth-order valence-electron chi connectivity index (χ4n) is 4.11. The number of carbonyl (C=O) groups is 1. The number of ether oxygens (including phenoxy) is 2. The normalized spacial score (nSPS) is 11.3. The Hall–Kier alpha value is -4.34. The molecule has 0 radical (unpaired) electrons. The summed E-state index contributed by atoms with van der Waals surface area (Å²) < 4.78 is 39.9. The Labute approximate surface area is 231 Å². The number of para-hydroxylation sites is 3. The van der Waals surface area contributed by atoms with Crippen LogP contribution in [-0.2, 0) is 10.0 Å². The zero-order valence-electron chi connectivity index (χ0n) is 21.5. The van der Waals surface area contributed by atoms with Gasteiger partial charge in [-0.05, 0) is 84.6 Å². The predicted molar refractivity (Wildman–Crippen MR) is 156 cm³/mol. The van der Waals surface area contributed by atoms with Crippen LogP contribution in [0.1, 0.15) is 15.2 Å². The van der Waals surface area contributed by atoms with Crippen LogP contribution < -0.4 is 19.1 Å². The van der Waals surface area contributed by atoms with E-state index in [0.29, 0.717) is 33.5 Å². The minimum atomic E-state index is -3.80. The number of hydrogen-bond donors (Lipinski definition) is 1. The van der Waals surface area contributed by atoms with E-state index < -0.39 is 10.0 Å². The van der Waals surface area contributed by atoms with Crippen molar-refractivity contribution in [1.82, 2.24) is 0 Å². The number of benzene rings is 4. The topological polar surface area (TPSA) is 84.9 Å². The molecule has 5 rings (SSSR count). The standard InChI is InChI=1S/C30H26N2O5S2/c1-20-17-24(14-15-26(20)36-3)39(34,35)32(2)22-13-16-28-21(18-22)19-29(38-28)30(33)31-25-11-7-8-12-27(25)37-23-9-5-4-6-10-23/h4-19H,1-3H3,(H,31,33). The van der Waals surface area contributed by atoms with Gasteiger partial charge in [-0.2, -0.15) is 0 Å². The molecule has 0 aliphatic carbocycles. The molecule has 0 atom stereocenters. The Balaban J connectivity index is 1.38. The van der Waals surface area contributed by atoms with E-state index in [0.717, 1.165) is 15.6 Å². The summed E-state index contributed by atoms with van der Waals surface area (Å²) in [7, 11) is -0.741. The average molecular weight is 559 g/mol. The number of nitrogens with one attached hydrogen (secondary N) is 1. The van der Waals surface area contributed by atoms with Crippen LogP contribution in [-0.4, -0.2) is 28.5 Å². The number of amides is 1. The van der Waals surface area contributed by atoms with Gasteiger partial charge in [-0.1, -0.05) is 30.3 Å². The fourth-order valence-corrected chi connectivity index (χ4v) is 6.32. The molecule has 39 heavy (non-hydrogen) atoms. The molecule has 9 heteroatoms. The van der Waals surface area contributed by atoms with E-state index >= 15 is 0 Å². The van der Waals surface area contributed by atoms with Gasteiger partial charge < -0.3 is 14.8 Å². The molecule has 198 valence electrons.